The minimum absolute atomic E-state index is 0.163. The monoisotopic (exact) mass is 762 g/mol. The molecule has 0 spiro atoms. The molecule has 150 valence electrons. The third kappa shape index (κ3) is 8.05. The summed E-state index contributed by atoms with van der Waals surface area (Å²) in [5.74, 6) is 0. The number of phosphoric ester groups is 1. The van der Waals surface area contributed by atoms with Crippen molar-refractivity contribution in [2.24, 2.45) is 10.8 Å². The second-order valence-electron chi connectivity index (χ2n) is 6.38. The first-order valence-electron chi connectivity index (χ1n) is 6.92. The van der Waals surface area contributed by atoms with E-state index in [2.05, 4.69) is 95.6 Å². The SMILES string of the molecule is CC(C)(CBr)C(Br)(Br)OP(=O)(OCC=CO)OC(Br)(Br)C(C)(C)CBr. The van der Waals surface area contributed by atoms with E-state index >= 15 is 0 Å². The fourth-order valence-corrected chi connectivity index (χ4v) is 7.38. The summed E-state index contributed by atoms with van der Waals surface area (Å²) in [6.45, 7) is 7.40. The molecule has 0 atom stereocenters. The molecule has 0 fully saturated rings. The van der Waals surface area contributed by atoms with E-state index in [-0.39, 0.29) is 6.61 Å². The molecule has 0 saturated heterocycles. The molecule has 0 aromatic heterocycles. The van der Waals surface area contributed by atoms with Gasteiger partial charge in [-0.15, -0.1) is 0 Å². The van der Waals surface area contributed by atoms with Crippen LogP contribution in [0.1, 0.15) is 27.7 Å². The molecule has 0 aromatic carbocycles. The number of halogens is 6. The number of alkyl halides is 6. The Morgan fingerprint density at radius 1 is 0.920 bits per heavy atom. The van der Waals surface area contributed by atoms with E-state index in [1.165, 1.54) is 6.08 Å². The molecule has 0 radical (unpaired) electrons. The topological polar surface area (TPSA) is 65.0 Å². The van der Waals surface area contributed by atoms with Gasteiger partial charge in [0.1, 0.15) is 0 Å². The quantitative estimate of drug-likeness (QED) is 0.132. The number of aliphatic hydroxyl groups is 1. The van der Waals surface area contributed by atoms with Gasteiger partial charge in [-0.25, -0.2) is 4.57 Å². The minimum Gasteiger partial charge on any atom is -0.516 e. The van der Waals surface area contributed by atoms with Crippen LogP contribution in [0.15, 0.2) is 12.3 Å². The molecule has 0 bridgehead atoms. The maximum atomic E-state index is 13.3. The molecule has 1 N–H and O–H groups in total. The number of hydrogen-bond acceptors (Lipinski definition) is 5. The van der Waals surface area contributed by atoms with Crippen LogP contribution in [0, 0.1) is 10.8 Å². The van der Waals surface area contributed by atoms with Gasteiger partial charge in [-0.3, -0.25) is 13.6 Å². The Morgan fingerprint density at radius 2 is 1.28 bits per heavy atom. The molecule has 25 heavy (non-hydrogen) atoms. The van der Waals surface area contributed by atoms with E-state index in [1.54, 1.807) is 0 Å². The summed E-state index contributed by atoms with van der Waals surface area (Å²) in [7, 11) is -4.10. The zero-order chi connectivity index (χ0) is 20.2. The van der Waals surface area contributed by atoms with Gasteiger partial charge in [0.2, 0.25) is 0 Å². The van der Waals surface area contributed by atoms with Crippen molar-refractivity contribution in [2.45, 2.75) is 34.5 Å². The van der Waals surface area contributed by atoms with Crippen molar-refractivity contribution >= 4 is 103 Å². The van der Waals surface area contributed by atoms with E-state index in [0.29, 0.717) is 10.7 Å². The van der Waals surface area contributed by atoms with E-state index in [4.69, 9.17) is 18.7 Å². The lowest BCUT2D eigenvalue weighted by Crippen LogP contribution is -2.40. The number of phosphoric acid groups is 1. The largest absolute Gasteiger partial charge is 0.516 e. The fraction of sp³-hybridized carbons (Fsp3) is 0.846. The van der Waals surface area contributed by atoms with Gasteiger partial charge >= 0.3 is 7.82 Å². The Balaban J connectivity index is 5.71. The smallest absolute Gasteiger partial charge is 0.479 e. The highest BCUT2D eigenvalue weighted by molar-refractivity contribution is 9.25. The molecule has 5 nitrogen and oxygen atoms in total. The van der Waals surface area contributed by atoms with Crippen molar-refractivity contribution < 1.29 is 23.2 Å². The summed E-state index contributed by atoms with van der Waals surface area (Å²) in [6, 6.07) is 0. The van der Waals surface area contributed by atoms with Crippen LogP contribution < -0.4 is 0 Å². The molecule has 0 rings (SSSR count). The molecule has 0 unspecified atom stereocenters. The van der Waals surface area contributed by atoms with Gasteiger partial charge in [0, 0.05) is 21.5 Å². The van der Waals surface area contributed by atoms with Gasteiger partial charge < -0.3 is 5.11 Å². The van der Waals surface area contributed by atoms with Crippen LogP contribution in [0.5, 0.6) is 0 Å². The first-order chi connectivity index (χ1) is 11.1. The zero-order valence-electron chi connectivity index (χ0n) is 14.1. The van der Waals surface area contributed by atoms with Crippen molar-refractivity contribution in [2.75, 3.05) is 17.3 Å². The summed E-state index contributed by atoms with van der Waals surface area (Å²) in [6.07, 6.45) is 2.07. The molecule has 0 amide bonds. The third-order valence-electron chi connectivity index (χ3n) is 3.13. The van der Waals surface area contributed by atoms with Gasteiger partial charge in [0.05, 0.1) is 12.9 Å². The highest BCUT2D eigenvalue weighted by Gasteiger charge is 2.53. The van der Waals surface area contributed by atoms with Crippen molar-refractivity contribution in [1.29, 1.82) is 0 Å². The first kappa shape index (κ1) is 27.5. The van der Waals surface area contributed by atoms with Crippen molar-refractivity contribution in [3.63, 3.8) is 0 Å². The van der Waals surface area contributed by atoms with Gasteiger partial charge in [0.25, 0.3) is 0 Å². The number of hydrogen-bond donors (Lipinski definition) is 1. The van der Waals surface area contributed by atoms with Gasteiger partial charge in [-0.2, -0.15) is 0 Å². The lowest BCUT2D eigenvalue weighted by molar-refractivity contribution is 0.0364. The zero-order valence-corrected chi connectivity index (χ0v) is 24.5. The average Bonchev–Trinajstić information content (AvgIpc) is 2.45. The Morgan fingerprint density at radius 3 is 1.56 bits per heavy atom. The first-order valence-corrected chi connectivity index (χ1v) is 13.8. The van der Waals surface area contributed by atoms with Crippen LogP contribution in [0.25, 0.3) is 0 Å². The van der Waals surface area contributed by atoms with E-state index < -0.39 is 25.5 Å². The number of rotatable bonds is 11. The molecule has 0 aliphatic heterocycles. The molecular weight excluding hydrogens is 747 g/mol. The molecule has 0 aliphatic rings. The van der Waals surface area contributed by atoms with Gasteiger partial charge in [-0.05, 0) is 69.8 Å². The van der Waals surface area contributed by atoms with Gasteiger partial charge in [-0.1, -0.05) is 59.6 Å². The van der Waals surface area contributed by atoms with Crippen molar-refractivity contribution in [1.82, 2.24) is 0 Å². The molecule has 0 aromatic rings. The van der Waals surface area contributed by atoms with Crippen molar-refractivity contribution in [3.05, 3.63) is 12.3 Å². The van der Waals surface area contributed by atoms with Crippen LogP contribution in [0.3, 0.4) is 0 Å². The predicted molar refractivity (Wildman–Crippen MR) is 124 cm³/mol. The van der Waals surface area contributed by atoms with Crippen LogP contribution >= 0.6 is 103 Å². The maximum Gasteiger partial charge on any atom is 0.479 e. The highest BCUT2D eigenvalue weighted by Crippen LogP contribution is 2.65. The van der Waals surface area contributed by atoms with Gasteiger partial charge in [0.15, 0.2) is 6.84 Å². The Hall–Kier alpha value is 2.53. The molecule has 0 heterocycles. The summed E-state index contributed by atoms with van der Waals surface area (Å²) in [5, 5.41) is 9.85. The summed E-state index contributed by atoms with van der Waals surface area (Å²) < 4.78 is 27.7. The third-order valence-corrected chi connectivity index (χ3v) is 13.3. The van der Waals surface area contributed by atoms with Crippen LogP contribution in [0.2, 0.25) is 0 Å². The average molecular weight is 768 g/mol. The second-order valence-corrected chi connectivity index (χ2v) is 15.6. The molecule has 0 saturated carbocycles. The van der Waals surface area contributed by atoms with Crippen LogP contribution in [-0.2, 0) is 18.1 Å². The lowest BCUT2D eigenvalue weighted by atomic mass is 9.98. The maximum absolute atomic E-state index is 13.3. The minimum atomic E-state index is -4.10. The van der Waals surface area contributed by atoms with Crippen LogP contribution in [0.4, 0.5) is 0 Å². The normalized spacial score (nSPS) is 15.1. The summed E-state index contributed by atoms with van der Waals surface area (Å²) >= 11 is 20.4. The molecular formula is C13H21Br6O5P. The molecule has 12 heteroatoms. The summed E-state index contributed by atoms with van der Waals surface area (Å²) in [4.78, 5) is 0. The van der Waals surface area contributed by atoms with E-state index in [9.17, 15) is 4.57 Å². The Bertz CT molecular complexity index is 475. The number of aliphatic hydroxyl groups excluding tert-OH is 1. The van der Waals surface area contributed by atoms with Crippen molar-refractivity contribution in [3.8, 4) is 0 Å². The van der Waals surface area contributed by atoms with E-state index in [1.807, 2.05) is 27.7 Å². The Kier molecular flexibility index (Phi) is 11.6. The second kappa shape index (κ2) is 10.5. The van der Waals surface area contributed by atoms with Crippen LogP contribution in [-0.4, -0.2) is 29.2 Å². The molecule has 0 aliphatic carbocycles. The standard InChI is InChI=1S/C13H21Br6O5P/c1-10(2,8-14)12(16,17)23-25(21,22-7-5-6-20)24-13(18,19)11(3,4)9-15/h5-6,20H,7-9H2,1-4H3. The fourth-order valence-electron chi connectivity index (χ4n) is 0.932. The van der Waals surface area contributed by atoms with E-state index in [0.717, 1.165) is 6.26 Å². The highest BCUT2D eigenvalue weighted by atomic mass is 79.9. The Labute approximate surface area is 199 Å². The lowest BCUT2D eigenvalue weighted by Gasteiger charge is -2.41. The predicted octanol–water partition coefficient (Wildman–Crippen LogP) is 7.95. The summed E-state index contributed by atoms with van der Waals surface area (Å²) in [5.41, 5.74) is -1.04.